The van der Waals surface area contributed by atoms with E-state index < -0.39 is 21.0 Å². The van der Waals surface area contributed by atoms with Gasteiger partial charge in [-0.1, -0.05) is 17.2 Å². The van der Waals surface area contributed by atoms with Crippen molar-refractivity contribution in [2.75, 3.05) is 19.5 Å². The van der Waals surface area contributed by atoms with Crippen molar-refractivity contribution in [2.24, 2.45) is 0 Å². The lowest BCUT2D eigenvalue weighted by Crippen LogP contribution is -2.13. The second kappa shape index (κ2) is 9.17. The number of ether oxygens (including phenoxy) is 2. The first-order chi connectivity index (χ1) is 14.7. The SMILES string of the molecule is COc1cc(OC)cc(C(=O)Nc2nnc(Cc3ccc(S(=O)(=O)C(C)C)cc3)o2)c1. The van der Waals surface area contributed by atoms with Crippen molar-refractivity contribution in [1.82, 2.24) is 10.2 Å². The normalized spacial score (nSPS) is 11.4. The van der Waals surface area contributed by atoms with Crippen LogP contribution >= 0.6 is 0 Å². The Morgan fingerprint density at radius 2 is 1.65 bits per heavy atom. The van der Waals surface area contributed by atoms with E-state index in [1.165, 1.54) is 14.2 Å². The molecule has 0 spiro atoms. The van der Waals surface area contributed by atoms with Gasteiger partial charge in [0.15, 0.2) is 9.84 Å². The number of hydrogen-bond donors (Lipinski definition) is 1. The topological polar surface area (TPSA) is 121 Å². The summed E-state index contributed by atoms with van der Waals surface area (Å²) >= 11 is 0. The van der Waals surface area contributed by atoms with E-state index in [1.807, 2.05) is 0 Å². The van der Waals surface area contributed by atoms with Gasteiger partial charge in [-0.2, -0.15) is 0 Å². The summed E-state index contributed by atoms with van der Waals surface area (Å²) in [4.78, 5) is 12.8. The maximum absolute atomic E-state index is 12.5. The lowest BCUT2D eigenvalue weighted by Gasteiger charge is -2.08. The first kappa shape index (κ1) is 22.3. The van der Waals surface area contributed by atoms with Crippen molar-refractivity contribution in [1.29, 1.82) is 0 Å². The van der Waals surface area contributed by atoms with E-state index in [0.717, 1.165) is 5.56 Å². The minimum atomic E-state index is -3.33. The maximum Gasteiger partial charge on any atom is 0.322 e. The second-order valence-corrected chi connectivity index (χ2v) is 9.48. The van der Waals surface area contributed by atoms with Crippen LogP contribution in [0.3, 0.4) is 0 Å². The standard InChI is InChI=1S/C21H23N3O6S/c1-13(2)31(26,27)18-7-5-14(6-8-18)9-19-23-24-21(30-19)22-20(25)15-10-16(28-3)12-17(11-15)29-4/h5-8,10-13H,9H2,1-4H3,(H,22,24,25). The Hall–Kier alpha value is -3.40. The maximum atomic E-state index is 12.5. The Morgan fingerprint density at radius 3 is 2.19 bits per heavy atom. The number of carbonyl (C=O) groups is 1. The molecule has 1 amide bonds. The van der Waals surface area contributed by atoms with E-state index in [2.05, 4.69) is 15.5 Å². The van der Waals surface area contributed by atoms with Gasteiger partial charge in [-0.3, -0.25) is 10.1 Å². The molecule has 31 heavy (non-hydrogen) atoms. The number of rotatable bonds is 8. The van der Waals surface area contributed by atoms with Crippen molar-refractivity contribution >= 4 is 21.8 Å². The molecule has 0 aliphatic rings. The highest BCUT2D eigenvalue weighted by atomic mass is 32.2. The van der Waals surface area contributed by atoms with E-state index >= 15 is 0 Å². The molecule has 1 aromatic heterocycles. The zero-order chi connectivity index (χ0) is 22.6. The summed E-state index contributed by atoms with van der Waals surface area (Å²) in [6.07, 6.45) is 0.290. The second-order valence-electron chi connectivity index (χ2n) is 6.97. The number of hydrogen-bond acceptors (Lipinski definition) is 8. The summed E-state index contributed by atoms with van der Waals surface area (Å²) in [7, 11) is -0.346. The Kier molecular flexibility index (Phi) is 6.59. The minimum absolute atomic E-state index is 0.0548. The van der Waals surface area contributed by atoms with Crippen LogP contribution in [0.25, 0.3) is 0 Å². The lowest BCUT2D eigenvalue weighted by molar-refractivity contribution is 0.102. The number of benzene rings is 2. The Labute approximate surface area is 180 Å². The number of nitrogens with one attached hydrogen (secondary N) is 1. The molecule has 9 nitrogen and oxygen atoms in total. The van der Waals surface area contributed by atoms with Crippen LogP contribution in [0.15, 0.2) is 51.8 Å². The van der Waals surface area contributed by atoms with Crippen LogP contribution in [0.2, 0.25) is 0 Å². The molecule has 0 unspecified atom stereocenters. The van der Waals surface area contributed by atoms with Crippen LogP contribution in [0, 0.1) is 0 Å². The molecule has 10 heteroatoms. The van der Waals surface area contributed by atoms with Gasteiger partial charge in [0.2, 0.25) is 5.89 Å². The molecule has 0 aliphatic heterocycles. The van der Waals surface area contributed by atoms with Gasteiger partial charge in [0.05, 0.1) is 30.8 Å². The van der Waals surface area contributed by atoms with Crippen LogP contribution in [-0.4, -0.2) is 44.0 Å². The van der Waals surface area contributed by atoms with Gasteiger partial charge < -0.3 is 13.9 Å². The monoisotopic (exact) mass is 445 g/mol. The van der Waals surface area contributed by atoms with Gasteiger partial charge in [-0.25, -0.2) is 8.42 Å². The highest BCUT2D eigenvalue weighted by Crippen LogP contribution is 2.23. The van der Waals surface area contributed by atoms with Gasteiger partial charge in [0, 0.05) is 11.6 Å². The van der Waals surface area contributed by atoms with Crippen LogP contribution < -0.4 is 14.8 Å². The van der Waals surface area contributed by atoms with Crippen molar-refractivity contribution in [3.05, 3.63) is 59.5 Å². The number of carbonyl (C=O) groups excluding carboxylic acids is 1. The lowest BCUT2D eigenvalue weighted by atomic mass is 10.1. The number of nitrogens with zero attached hydrogens (tertiary/aromatic N) is 2. The Bertz CT molecular complexity index is 1150. The van der Waals surface area contributed by atoms with Crippen molar-refractivity contribution < 1.29 is 27.1 Å². The van der Waals surface area contributed by atoms with Crippen molar-refractivity contribution in [3.8, 4) is 11.5 Å². The highest BCUT2D eigenvalue weighted by molar-refractivity contribution is 7.92. The molecule has 0 bridgehead atoms. The van der Waals surface area contributed by atoms with Crippen molar-refractivity contribution in [3.63, 3.8) is 0 Å². The zero-order valence-corrected chi connectivity index (χ0v) is 18.4. The van der Waals surface area contributed by atoms with Gasteiger partial charge in [-0.05, 0) is 43.7 Å². The van der Waals surface area contributed by atoms with Gasteiger partial charge in [0.1, 0.15) is 11.5 Å². The number of amides is 1. The predicted molar refractivity (Wildman–Crippen MR) is 113 cm³/mol. The summed E-state index contributed by atoms with van der Waals surface area (Å²) in [5, 5.41) is 9.81. The molecule has 3 aromatic rings. The molecule has 1 N–H and O–H groups in total. The third-order valence-corrected chi connectivity index (χ3v) is 6.70. The molecule has 0 saturated heterocycles. The average Bonchev–Trinajstić information content (AvgIpc) is 3.20. The van der Waals surface area contributed by atoms with Crippen molar-refractivity contribution in [2.45, 2.75) is 30.4 Å². The minimum Gasteiger partial charge on any atom is -0.497 e. The third kappa shape index (κ3) is 5.21. The molecule has 0 aliphatic carbocycles. The first-order valence-electron chi connectivity index (χ1n) is 9.42. The van der Waals surface area contributed by atoms with Gasteiger partial charge in [0.25, 0.3) is 5.91 Å². The molecule has 0 fully saturated rings. The fraction of sp³-hybridized carbons (Fsp3) is 0.286. The molecule has 0 saturated carbocycles. The van der Waals surface area contributed by atoms with E-state index in [0.29, 0.717) is 17.1 Å². The molecule has 0 atom stereocenters. The molecular formula is C21H23N3O6S. The first-order valence-corrected chi connectivity index (χ1v) is 11.0. The average molecular weight is 445 g/mol. The molecule has 0 radical (unpaired) electrons. The van der Waals surface area contributed by atoms with Crippen LogP contribution in [0.4, 0.5) is 6.01 Å². The third-order valence-electron chi connectivity index (χ3n) is 4.53. The Morgan fingerprint density at radius 1 is 1.03 bits per heavy atom. The molecule has 164 valence electrons. The number of methoxy groups -OCH3 is 2. The summed E-state index contributed by atoms with van der Waals surface area (Å²) in [6.45, 7) is 3.28. The van der Waals surface area contributed by atoms with E-state index in [4.69, 9.17) is 13.9 Å². The molecule has 3 rings (SSSR count). The molecule has 1 heterocycles. The largest absolute Gasteiger partial charge is 0.497 e. The summed E-state index contributed by atoms with van der Waals surface area (Å²) in [5.41, 5.74) is 1.10. The molecule has 2 aromatic carbocycles. The Balaban J connectivity index is 1.69. The van der Waals surface area contributed by atoms with Gasteiger partial charge >= 0.3 is 6.01 Å². The smallest absolute Gasteiger partial charge is 0.322 e. The number of anilines is 1. The quantitative estimate of drug-likeness (QED) is 0.561. The number of aromatic nitrogens is 2. The summed E-state index contributed by atoms with van der Waals surface area (Å²) in [6, 6.07) is 11.2. The summed E-state index contributed by atoms with van der Waals surface area (Å²) < 4.78 is 40.2. The number of sulfone groups is 1. The van der Waals surface area contributed by atoms with E-state index in [-0.39, 0.29) is 23.2 Å². The predicted octanol–water partition coefficient (Wildman–Crippen LogP) is 3.11. The van der Waals surface area contributed by atoms with Crippen LogP contribution in [0.1, 0.15) is 35.7 Å². The fourth-order valence-corrected chi connectivity index (χ4v) is 3.79. The van der Waals surface area contributed by atoms with Crippen LogP contribution in [0.5, 0.6) is 11.5 Å². The van der Waals surface area contributed by atoms with Crippen LogP contribution in [-0.2, 0) is 16.3 Å². The highest BCUT2D eigenvalue weighted by Gasteiger charge is 2.19. The molecular weight excluding hydrogens is 422 g/mol. The van der Waals surface area contributed by atoms with E-state index in [1.54, 1.807) is 56.3 Å². The fourth-order valence-electron chi connectivity index (χ4n) is 2.73. The zero-order valence-electron chi connectivity index (χ0n) is 17.6. The van der Waals surface area contributed by atoms with Gasteiger partial charge in [-0.15, -0.1) is 5.10 Å². The van der Waals surface area contributed by atoms with E-state index in [9.17, 15) is 13.2 Å². The summed E-state index contributed by atoms with van der Waals surface area (Å²) in [5.74, 6) is 0.755.